The average Bonchev–Trinajstić information content (AvgIpc) is 1.59. The van der Waals surface area contributed by atoms with Crippen molar-refractivity contribution in [3.63, 3.8) is 0 Å². The summed E-state index contributed by atoms with van der Waals surface area (Å²) >= 11 is 9.05. The molecule has 3 aliphatic carbocycles. The lowest BCUT2D eigenvalue weighted by atomic mass is 9.69. The van der Waals surface area contributed by atoms with Gasteiger partial charge in [0.05, 0.1) is 18.3 Å². The third-order valence-electron chi connectivity index (χ3n) is 22.2. The molecule has 12 rings (SSSR count). The number of hydrogen-bond donors (Lipinski definition) is 0. The largest absolute Gasteiger partial charge is 0.494 e. The average molecular weight is 1380 g/mol. The van der Waals surface area contributed by atoms with Gasteiger partial charge in [-0.05, 0) is 189 Å². The lowest BCUT2D eigenvalue weighted by molar-refractivity contribution is 0.302. The van der Waals surface area contributed by atoms with Gasteiger partial charge in [0.25, 0.3) is 0 Å². The third-order valence-corrected chi connectivity index (χ3v) is 23.7. The molecule has 3 aliphatic rings. The van der Waals surface area contributed by atoms with Crippen molar-refractivity contribution in [3.8, 4) is 72.5 Å². The predicted molar refractivity (Wildman–Crippen MR) is 407 cm³/mol. The molecule has 0 bridgehead atoms. The number of hydrogen-bond acceptors (Lipinski definition) is 4. The summed E-state index contributed by atoms with van der Waals surface area (Å²) in [7, 11) is 0. The molecular weight excluding hydrogens is 1280 g/mol. The van der Waals surface area contributed by atoms with Crippen LogP contribution in [-0.4, -0.2) is 15.4 Å². The van der Waals surface area contributed by atoms with Crippen molar-refractivity contribution in [1.82, 2.24) is 8.75 Å². The number of benzene rings is 8. The van der Waals surface area contributed by atoms with Crippen molar-refractivity contribution in [2.45, 2.75) is 243 Å². The summed E-state index contributed by atoms with van der Waals surface area (Å²) in [5.41, 5.74) is 27.3. The fraction of sp³-hybridized carbons (Fsp3) is 0.448. The zero-order valence-corrected chi connectivity index (χ0v) is 60.8. The summed E-state index contributed by atoms with van der Waals surface area (Å²) in [5, 5.41) is 0. The van der Waals surface area contributed by atoms with Crippen LogP contribution >= 0.6 is 43.6 Å². The Balaban J connectivity index is 0.779. The molecular formula is C87H102Br2N2OS. The maximum absolute atomic E-state index is 6.45. The second-order valence-electron chi connectivity index (χ2n) is 28.2. The van der Waals surface area contributed by atoms with Crippen LogP contribution in [0.2, 0.25) is 0 Å². The molecule has 0 fully saturated rings. The Kier molecular flexibility index (Phi) is 22.8. The highest BCUT2D eigenvalue weighted by Gasteiger charge is 2.46. The zero-order chi connectivity index (χ0) is 64.2. The SMILES string of the molecule is CCCCCCC1(CCCCCC)c2ccccc2-c2ccc(-c3ccc4c(c3)C(CCCCCC)(CCCCCC)c3cc(-c5ccc(-c6ccc(OCCCCCCC7(CCCCCC)c8cc(Br)ccc8-c8ccc(Br)cc87)cc6)c6nsnc56)ccc3-4)cc21. The van der Waals surface area contributed by atoms with Crippen molar-refractivity contribution in [1.29, 1.82) is 0 Å². The van der Waals surface area contributed by atoms with Gasteiger partial charge in [-0.25, -0.2) is 0 Å². The van der Waals surface area contributed by atoms with Gasteiger partial charge in [-0.2, -0.15) is 8.75 Å². The molecule has 0 amide bonds. The Morgan fingerprint density at radius 3 is 1.06 bits per heavy atom. The van der Waals surface area contributed by atoms with Crippen LogP contribution < -0.4 is 4.74 Å². The van der Waals surface area contributed by atoms with Crippen LogP contribution in [0.15, 0.2) is 161 Å². The highest BCUT2D eigenvalue weighted by Crippen LogP contribution is 2.59. The summed E-state index contributed by atoms with van der Waals surface area (Å²) in [6, 6.07) is 59.5. The summed E-state index contributed by atoms with van der Waals surface area (Å²) in [6.45, 7) is 12.4. The first-order valence-corrected chi connectivity index (χ1v) is 39.2. The molecule has 0 N–H and O–H groups in total. The molecule has 486 valence electrons. The number of aromatic nitrogens is 2. The molecule has 0 saturated heterocycles. The van der Waals surface area contributed by atoms with Crippen LogP contribution in [-0.2, 0) is 16.2 Å². The van der Waals surface area contributed by atoms with E-state index in [4.69, 9.17) is 13.5 Å². The molecule has 3 nitrogen and oxygen atoms in total. The van der Waals surface area contributed by atoms with Gasteiger partial charge in [-0.3, -0.25) is 0 Å². The van der Waals surface area contributed by atoms with Gasteiger partial charge >= 0.3 is 0 Å². The quantitative estimate of drug-likeness (QED) is 0.0367. The number of ether oxygens (including phenoxy) is 1. The molecule has 9 aromatic rings. The first-order chi connectivity index (χ1) is 45.7. The van der Waals surface area contributed by atoms with Crippen molar-refractivity contribution >= 4 is 54.6 Å². The Labute approximate surface area is 580 Å². The fourth-order valence-electron chi connectivity index (χ4n) is 17.3. The van der Waals surface area contributed by atoms with Gasteiger partial charge in [0.15, 0.2) is 0 Å². The monoisotopic (exact) mass is 1380 g/mol. The predicted octanol–water partition coefficient (Wildman–Crippen LogP) is 27.9. The summed E-state index contributed by atoms with van der Waals surface area (Å²) < 4.78 is 18.9. The molecule has 0 atom stereocenters. The maximum atomic E-state index is 6.45. The minimum absolute atomic E-state index is 0.0491. The normalized spacial score (nSPS) is 14.3. The fourth-order valence-corrected chi connectivity index (χ4v) is 18.6. The number of nitrogens with zero attached hydrogens (tertiary/aromatic N) is 2. The zero-order valence-electron chi connectivity index (χ0n) is 56.8. The second kappa shape index (κ2) is 31.5. The van der Waals surface area contributed by atoms with Gasteiger partial charge in [-0.15, -0.1) is 0 Å². The summed E-state index contributed by atoms with van der Waals surface area (Å²) in [5.74, 6) is 0.921. The minimum atomic E-state index is -0.0839. The third kappa shape index (κ3) is 14.0. The molecule has 0 unspecified atom stereocenters. The Morgan fingerprint density at radius 1 is 0.301 bits per heavy atom. The van der Waals surface area contributed by atoms with E-state index in [0.29, 0.717) is 0 Å². The first-order valence-electron chi connectivity index (χ1n) is 36.8. The van der Waals surface area contributed by atoms with Crippen LogP contribution in [0.3, 0.4) is 0 Å². The van der Waals surface area contributed by atoms with Gasteiger partial charge in [0.1, 0.15) is 16.8 Å². The van der Waals surface area contributed by atoms with E-state index in [2.05, 4.69) is 218 Å². The molecule has 8 aromatic carbocycles. The summed E-state index contributed by atoms with van der Waals surface area (Å²) in [4.78, 5) is 0. The molecule has 1 heterocycles. The molecule has 0 aliphatic heterocycles. The maximum Gasteiger partial charge on any atom is 0.119 e. The Bertz CT molecular complexity index is 3890. The van der Waals surface area contributed by atoms with E-state index in [9.17, 15) is 0 Å². The van der Waals surface area contributed by atoms with Crippen molar-refractivity contribution < 1.29 is 4.74 Å². The van der Waals surface area contributed by atoms with E-state index >= 15 is 0 Å². The van der Waals surface area contributed by atoms with Crippen molar-refractivity contribution in [2.24, 2.45) is 0 Å². The standard InChI is InChI=1S/C87H102Br2N2OS/c1-6-11-16-25-50-85(51-26-17-12-7-2)77-33-24-23-32-71(77)72-43-36-63(57-78(72)85)64-37-44-73-74-45-38-65(59-80(74)86(79(73)58-64,52-27-18-13-8-3)53-28-19-14-9-4)70-49-48-69(83-84(70)91-93-90-83)62-34-41-68(42-35-62)92-56-31-22-21-30-55-87(54-29-20-15-10-5)81-60-66(88)39-46-75(81)76-47-40-67(89)61-82(76)87/h23-24,32-49,57-61H,6-22,25-31,50-56H2,1-5H3. The van der Waals surface area contributed by atoms with Crippen LogP contribution in [0.25, 0.3) is 77.8 Å². The Morgan fingerprint density at radius 2 is 0.624 bits per heavy atom. The number of rotatable bonds is 36. The van der Waals surface area contributed by atoms with Gasteiger partial charge in [0.2, 0.25) is 0 Å². The molecule has 0 saturated carbocycles. The lowest BCUT2D eigenvalue weighted by Gasteiger charge is -2.34. The van der Waals surface area contributed by atoms with Gasteiger partial charge in [0, 0.05) is 36.3 Å². The van der Waals surface area contributed by atoms with Crippen LogP contribution in [0.4, 0.5) is 0 Å². The molecule has 0 spiro atoms. The highest BCUT2D eigenvalue weighted by atomic mass is 79.9. The topological polar surface area (TPSA) is 35.0 Å². The van der Waals surface area contributed by atoms with E-state index in [-0.39, 0.29) is 16.2 Å². The minimum Gasteiger partial charge on any atom is -0.494 e. The molecule has 0 radical (unpaired) electrons. The van der Waals surface area contributed by atoms with Crippen LogP contribution in [0.5, 0.6) is 5.75 Å². The van der Waals surface area contributed by atoms with E-state index < -0.39 is 0 Å². The highest BCUT2D eigenvalue weighted by molar-refractivity contribution is 9.10. The van der Waals surface area contributed by atoms with Crippen molar-refractivity contribution in [3.05, 3.63) is 194 Å². The van der Waals surface area contributed by atoms with Crippen LogP contribution in [0.1, 0.15) is 261 Å². The van der Waals surface area contributed by atoms with Crippen molar-refractivity contribution in [2.75, 3.05) is 6.61 Å². The van der Waals surface area contributed by atoms with E-state index in [1.165, 1.54) is 273 Å². The van der Waals surface area contributed by atoms with Gasteiger partial charge < -0.3 is 4.74 Å². The van der Waals surface area contributed by atoms with E-state index in [1.54, 1.807) is 16.7 Å². The Hall–Kier alpha value is -5.66. The second-order valence-corrected chi connectivity index (χ2v) is 30.5. The summed E-state index contributed by atoms with van der Waals surface area (Å²) in [6.07, 6.45) is 37.3. The van der Waals surface area contributed by atoms with E-state index in [0.717, 1.165) is 47.4 Å². The lowest BCUT2D eigenvalue weighted by Crippen LogP contribution is -2.26. The molecule has 1 aromatic heterocycles. The molecule has 93 heavy (non-hydrogen) atoms. The smallest absolute Gasteiger partial charge is 0.119 e. The molecule has 6 heteroatoms. The van der Waals surface area contributed by atoms with Gasteiger partial charge in [-0.1, -0.05) is 311 Å². The van der Waals surface area contributed by atoms with E-state index in [1.807, 2.05) is 0 Å². The first kappa shape index (κ1) is 67.3. The number of fused-ring (bicyclic) bond motifs is 10. The number of unbranched alkanes of at least 4 members (excludes halogenated alkanes) is 18. The van der Waals surface area contributed by atoms with Crippen LogP contribution in [0, 0.1) is 0 Å². The number of halogens is 2.